The smallest absolute Gasteiger partial charge is 0.131 e. The Hall–Kier alpha value is -2.20. The normalized spacial score (nSPS) is 11.0. The summed E-state index contributed by atoms with van der Waals surface area (Å²) >= 11 is 1.53. The molecule has 0 fully saturated rings. The van der Waals surface area contributed by atoms with Gasteiger partial charge in [-0.3, -0.25) is 0 Å². The zero-order valence-electron chi connectivity index (χ0n) is 13.4. The number of aromatic nitrogens is 1. The molecule has 0 spiro atoms. The van der Waals surface area contributed by atoms with Gasteiger partial charge in [-0.25, -0.2) is 9.37 Å². The van der Waals surface area contributed by atoms with Gasteiger partial charge in [-0.15, -0.1) is 11.3 Å². The summed E-state index contributed by atoms with van der Waals surface area (Å²) in [6.45, 7) is 10.4. The molecule has 2 nitrogen and oxygen atoms in total. The third kappa shape index (κ3) is 2.86. The van der Waals surface area contributed by atoms with Gasteiger partial charge in [-0.05, 0) is 49.9 Å². The Balaban J connectivity index is 2.12. The third-order valence-corrected chi connectivity index (χ3v) is 5.01. The summed E-state index contributed by atoms with van der Waals surface area (Å²) in [7, 11) is 0. The lowest BCUT2D eigenvalue weighted by Crippen LogP contribution is -1.89. The van der Waals surface area contributed by atoms with Gasteiger partial charge in [0.05, 0.1) is 17.2 Å². The molecule has 0 saturated heterocycles. The maximum Gasteiger partial charge on any atom is 0.131 e. The van der Waals surface area contributed by atoms with E-state index in [9.17, 15) is 4.39 Å². The summed E-state index contributed by atoms with van der Waals surface area (Å²) in [6.07, 6.45) is 0. The largest absolute Gasteiger partial charge is 0.493 e. The molecule has 0 amide bonds. The summed E-state index contributed by atoms with van der Waals surface area (Å²) in [5.41, 5.74) is 2.84. The lowest BCUT2D eigenvalue weighted by molar-refractivity contribution is 0.300. The number of aryl methyl sites for hydroxylation is 2. The van der Waals surface area contributed by atoms with Crippen molar-refractivity contribution in [3.05, 3.63) is 58.9 Å². The number of nitrogens with zero attached hydrogens (tertiary/aromatic N) is 1. The van der Waals surface area contributed by atoms with Crippen LogP contribution >= 0.6 is 11.3 Å². The molecule has 4 heteroatoms. The first-order chi connectivity index (χ1) is 11.0. The van der Waals surface area contributed by atoms with Crippen LogP contribution in [-0.2, 0) is 4.74 Å². The Labute approximate surface area is 139 Å². The Morgan fingerprint density at radius 3 is 2.78 bits per heavy atom. The topological polar surface area (TPSA) is 22.1 Å². The van der Waals surface area contributed by atoms with E-state index in [1.807, 2.05) is 39.0 Å². The van der Waals surface area contributed by atoms with Crippen LogP contribution in [-0.4, -0.2) is 11.6 Å². The lowest BCUT2D eigenvalue weighted by atomic mass is 10.0. The van der Waals surface area contributed by atoms with Crippen LogP contribution < -0.4 is 0 Å². The van der Waals surface area contributed by atoms with Crippen LogP contribution in [0.1, 0.15) is 23.1 Å². The van der Waals surface area contributed by atoms with Crippen LogP contribution in [0.5, 0.6) is 0 Å². The number of ether oxygens (including phenoxy) is 1. The molecule has 1 aromatic heterocycles. The average molecular weight is 327 g/mol. The van der Waals surface area contributed by atoms with E-state index in [0.29, 0.717) is 17.8 Å². The molecular weight excluding hydrogens is 309 g/mol. The highest BCUT2D eigenvalue weighted by molar-refractivity contribution is 7.16. The highest BCUT2D eigenvalue weighted by atomic mass is 32.1. The SMILES string of the molecule is C=C(OCC)c1sc(-c2cc(C)c3cccc(F)c3c2)nc1C. The minimum absolute atomic E-state index is 0.209. The van der Waals surface area contributed by atoms with Crippen molar-refractivity contribution in [2.75, 3.05) is 6.61 Å². The van der Waals surface area contributed by atoms with Gasteiger partial charge in [0.15, 0.2) is 0 Å². The fraction of sp³-hybridized carbons (Fsp3) is 0.211. The molecule has 0 radical (unpaired) electrons. The highest BCUT2D eigenvalue weighted by Gasteiger charge is 2.14. The molecule has 2 aromatic carbocycles. The molecule has 1 heterocycles. The zero-order valence-corrected chi connectivity index (χ0v) is 14.3. The number of thiazole rings is 1. The number of rotatable bonds is 4. The van der Waals surface area contributed by atoms with Gasteiger partial charge < -0.3 is 4.74 Å². The monoisotopic (exact) mass is 327 g/mol. The fourth-order valence-corrected chi connectivity index (χ4v) is 3.66. The average Bonchev–Trinajstić information content (AvgIpc) is 2.90. The fourth-order valence-electron chi connectivity index (χ4n) is 2.68. The summed E-state index contributed by atoms with van der Waals surface area (Å²) in [6, 6.07) is 9.08. The predicted octanol–water partition coefficient (Wildman–Crippen LogP) is 5.73. The van der Waals surface area contributed by atoms with Crippen LogP contribution in [0, 0.1) is 19.7 Å². The number of hydrogen-bond acceptors (Lipinski definition) is 3. The van der Waals surface area contributed by atoms with Crippen molar-refractivity contribution < 1.29 is 9.13 Å². The van der Waals surface area contributed by atoms with E-state index < -0.39 is 0 Å². The second kappa shape index (κ2) is 6.13. The maximum atomic E-state index is 14.1. The molecule has 0 N–H and O–H groups in total. The molecule has 0 atom stereocenters. The Kier molecular flexibility index (Phi) is 4.18. The van der Waals surface area contributed by atoms with Crippen LogP contribution in [0.2, 0.25) is 0 Å². The number of halogens is 1. The molecule has 0 saturated carbocycles. The van der Waals surface area contributed by atoms with Crippen LogP contribution in [0.25, 0.3) is 27.1 Å². The van der Waals surface area contributed by atoms with E-state index in [-0.39, 0.29) is 5.82 Å². The van der Waals surface area contributed by atoms with Crippen molar-refractivity contribution in [2.45, 2.75) is 20.8 Å². The molecule has 0 aliphatic carbocycles. The zero-order chi connectivity index (χ0) is 16.6. The van der Waals surface area contributed by atoms with E-state index in [2.05, 4.69) is 11.6 Å². The van der Waals surface area contributed by atoms with Crippen molar-refractivity contribution in [3.63, 3.8) is 0 Å². The van der Waals surface area contributed by atoms with Crippen molar-refractivity contribution in [1.82, 2.24) is 4.98 Å². The predicted molar refractivity (Wildman–Crippen MR) is 95.1 cm³/mol. The van der Waals surface area contributed by atoms with Crippen molar-refractivity contribution >= 4 is 27.9 Å². The van der Waals surface area contributed by atoms with Gasteiger partial charge in [0, 0.05) is 10.9 Å². The summed E-state index contributed by atoms with van der Waals surface area (Å²) in [5, 5.41) is 2.41. The Morgan fingerprint density at radius 1 is 1.26 bits per heavy atom. The van der Waals surface area contributed by atoms with E-state index in [1.54, 1.807) is 6.07 Å². The Bertz CT molecular complexity index is 898. The quantitative estimate of drug-likeness (QED) is 0.571. The van der Waals surface area contributed by atoms with Gasteiger partial charge in [0.25, 0.3) is 0 Å². The van der Waals surface area contributed by atoms with Gasteiger partial charge in [0.1, 0.15) is 16.6 Å². The minimum atomic E-state index is -0.209. The van der Waals surface area contributed by atoms with Crippen molar-refractivity contribution in [3.8, 4) is 10.6 Å². The number of benzene rings is 2. The molecule has 3 aromatic rings. The second-order valence-electron chi connectivity index (χ2n) is 5.42. The highest BCUT2D eigenvalue weighted by Crippen LogP contribution is 2.35. The van der Waals surface area contributed by atoms with Gasteiger partial charge in [0.2, 0.25) is 0 Å². The standard InChI is InChI=1S/C19H18FNOS/c1-5-22-13(4)18-12(3)21-19(23-18)14-9-11(2)15-7-6-8-17(20)16(15)10-14/h6-10H,4-5H2,1-3H3. The van der Waals surface area contributed by atoms with Crippen LogP contribution in [0.3, 0.4) is 0 Å². The molecule has 0 aliphatic heterocycles. The summed E-state index contributed by atoms with van der Waals surface area (Å²) in [4.78, 5) is 5.56. The number of hydrogen-bond donors (Lipinski definition) is 0. The van der Waals surface area contributed by atoms with Crippen LogP contribution in [0.4, 0.5) is 4.39 Å². The van der Waals surface area contributed by atoms with Crippen molar-refractivity contribution in [2.24, 2.45) is 0 Å². The van der Waals surface area contributed by atoms with Gasteiger partial charge >= 0.3 is 0 Å². The summed E-state index contributed by atoms with van der Waals surface area (Å²) in [5.74, 6) is 0.428. The van der Waals surface area contributed by atoms with E-state index in [1.165, 1.54) is 17.4 Å². The first-order valence-electron chi connectivity index (χ1n) is 7.50. The Morgan fingerprint density at radius 2 is 2.04 bits per heavy atom. The maximum absolute atomic E-state index is 14.1. The molecule has 0 unspecified atom stereocenters. The van der Waals surface area contributed by atoms with E-state index in [0.717, 1.165) is 32.1 Å². The van der Waals surface area contributed by atoms with Gasteiger partial charge in [-0.2, -0.15) is 0 Å². The van der Waals surface area contributed by atoms with E-state index >= 15 is 0 Å². The molecule has 3 rings (SSSR count). The third-order valence-electron chi connectivity index (χ3n) is 3.76. The van der Waals surface area contributed by atoms with E-state index in [4.69, 9.17) is 4.74 Å². The summed E-state index contributed by atoms with van der Waals surface area (Å²) < 4.78 is 19.6. The lowest BCUT2D eigenvalue weighted by Gasteiger charge is -2.06. The molecule has 23 heavy (non-hydrogen) atoms. The van der Waals surface area contributed by atoms with Gasteiger partial charge in [-0.1, -0.05) is 18.7 Å². The first kappa shape index (κ1) is 15.7. The minimum Gasteiger partial charge on any atom is -0.493 e. The first-order valence-corrected chi connectivity index (χ1v) is 8.31. The van der Waals surface area contributed by atoms with Crippen molar-refractivity contribution in [1.29, 1.82) is 0 Å². The second-order valence-corrected chi connectivity index (χ2v) is 6.42. The molecule has 0 bridgehead atoms. The molecule has 0 aliphatic rings. The molecule has 118 valence electrons. The molecular formula is C19H18FNOS. The van der Waals surface area contributed by atoms with Crippen LogP contribution in [0.15, 0.2) is 36.9 Å². The number of fused-ring (bicyclic) bond motifs is 1.